The van der Waals surface area contributed by atoms with Crippen LogP contribution in [0.4, 0.5) is 0 Å². The Bertz CT molecular complexity index is 586. The van der Waals surface area contributed by atoms with Crippen LogP contribution in [-0.4, -0.2) is 5.78 Å². The lowest BCUT2D eigenvalue weighted by Crippen LogP contribution is -2.18. The van der Waals surface area contributed by atoms with Crippen molar-refractivity contribution in [3.05, 3.63) is 58.5 Å². The van der Waals surface area contributed by atoms with Crippen molar-refractivity contribution < 1.29 is 9.21 Å². The van der Waals surface area contributed by atoms with Gasteiger partial charge in [-0.3, -0.25) is 4.79 Å². The van der Waals surface area contributed by atoms with Gasteiger partial charge in [0.1, 0.15) is 0 Å². The van der Waals surface area contributed by atoms with Crippen LogP contribution in [0.15, 0.2) is 41.0 Å². The molecule has 1 aromatic heterocycles. The lowest BCUT2D eigenvalue weighted by atomic mass is 9.79. The van der Waals surface area contributed by atoms with Crippen LogP contribution in [0, 0.1) is 0 Å². The van der Waals surface area contributed by atoms with Gasteiger partial charge in [-0.05, 0) is 48.1 Å². The van der Waals surface area contributed by atoms with Crippen LogP contribution in [0.5, 0.6) is 0 Å². The van der Waals surface area contributed by atoms with Gasteiger partial charge < -0.3 is 4.42 Å². The molecule has 0 aliphatic heterocycles. The molecule has 1 heterocycles. The molecule has 0 radical (unpaired) electrons. The third-order valence-electron chi connectivity index (χ3n) is 3.57. The molecule has 0 spiro atoms. The van der Waals surface area contributed by atoms with Crippen molar-refractivity contribution in [2.24, 2.45) is 0 Å². The number of ketones is 1. The highest BCUT2D eigenvalue weighted by molar-refractivity contribution is 6.32. The lowest BCUT2D eigenvalue weighted by molar-refractivity contribution is 0.0950. The van der Waals surface area contributed by atoms with Crippen molar-refractivity contribution in [2.45, 2.75) is 25.2 Å². The average Bonchev–Trinajstić information content (AvgIpc) is 2.83. The van der Waals surface area contributed by atoms with E-state index in [9.17, 15) is 4.79 Å². The molecule has 0 saturated carbocycles. The number of benzene rings is 1. The predicted molar refractivity (Wildman–Crippen MR) is 70.2 cm³/mol. The molecular weight excluding hydrogens is 248 g/mol. The van der Waals surface area contributed by atoms with Crippen molar-refractivity contribution in [1.29, 1.82) is 0 Å². The zero-order valence-corrected chi connectivity index (χ0v) is 10.6. The highest BCUT2D eigenvalue weighted by atomic mass is 35.5. The summed E-state index contributed by atoms with van der Waals surface area (Å²) in [5.41, 5.74) is 2.92. The second kappa shape index (κ2) is 4.62. The van der Waals surface area contributed by atoms with Gasteiger partial charge in [0.15, 0.2) is 5.78 Å². The van der Waals surface area contributed by atoms with E-state index >= 15 is 0 Å². The van der Waals surface area contributed by atoms with Crippen molar-refractivity contribution in [2.75, 3.05) is 0 Å². The molecule has 0 N–H and O–H groups in total. The topological polar surface area (TPSA) is 30.2 Å². The van der Waals surface area contributed by atoms with E-state index in [1.807, 2.05) is 18.2 Å². The Morgan fingerprint density at radius 1 is 1.28 bits per heavy atom. The average molecular weight is 261 g/mol. The first kappa shape index (κ1) is 11.5. The van der Waals surface area contributed by atoms with Gasteiger partial charge in [0, 0.05) is 5.92 Å². The third-order valence-corrected chi connectivity index (χ3v) is 3.86. The van der Waals surface area contributed by atoms with E-state index in [-0.39, 0.29) is 16.9 Å². The Labute approximate surface area is 111 Å². The Morgan fingerprint density at radius 2 is 2.11 bits per heavy atom. The minimum absolute atomic E-state index is 0.0703. The third kappa shape index (κ3) is 1.87. The number of hydrogen-bond donors (Lipinski definition) is 0. The fourth-order valence-corrected chi connectivity index (χ4v) is 2.89. The number of fused-ring (bicyclic) bond motifs is 1. The molecule has 0 saturated heterocycles. The van der Waals surface area contributed by atoms with Crippen LogP contribution in [0.2, 0.25) is 5.22 Å². The highest BCUT2D eigenvalue weighted by Gasteiger charge is 2.28. The molecular formula is C15H13ClO2. The summed E-state index contributed by atoms with van der Waals surface area (Å²) in [4.78, 5) is 12.5. The van der Waals surface area contributed by atoms with Gasteiger partial charge >= 0.3 is 0 Å². The van der Waals surface area contributed by atoms with Crippen LogP contribution >= 0.6 is 11.6 Å². The van der Waals surface area contributed by atoms with Crippen molar-refractivity contribution in [1.82, 2.24) is 0 Å². The first-order chi connectivity index (χ1) is 8.77. The van der Waals surface area contributed by atoms with Gasteiger partial charge in [0.05, 0.1) is 11.8 Å². The van der Waals surface area contributed by atoms with E-state index in [0.29, 0.717) is 5.56 Å². The van der Waals surface area contributed by atoms with E-state index in [4.69, 9.17) is 16.0 Å². The Kier molecular flexibility index (Phi) is 2.96. The first-order valence-electron chi connectivity index (χ1n) is 6.12. The minimum Gasteiger partial charge on any atom is -0.452 e. The van der Waals surface area contributed by atoms with Crippen molar-refractivity contribution >= 4 is 17.4 Å². The first-order valence-corrected chi connectivity index (χ1v) is 6.50. The molecule has 0 bridgehead atoms. The SMILES string of the molecule is O=C(c1ccoc1Cl)C1CCCc2ccccc21. The smallest absolute Gasteiger partial charge is 0.203 e. The maximum atomic E-state index is 12.5. The van der Waals surface area contributed by atoms with E-state index in [1.165, 1.54) is 11.8 Å². The Hall–Kier alpha value is -1.54. The number of halogens is 1. The molecule has 2 aromatic rings. The zero-order chi connectivity index (χ0) is 12.5. The van der Waals surface area contributed by atoms with Gasteiger partial charge in [-0.15, -0.1) is 0 Å². The van der Waals surface area contributed by atoms with Gasteiger partial charge in [0.25, 0.3) is 0 Å². The van der Waals surface area contributed by atoms with E-state index < -0.39 is 0 Å². The molecule has 0 fully saturated rings. The molecule has 92 valence electrons. The predicted octanol–water partition coefficient (Wildman–Crippen LogP) is 4.24. The fourth-order valence-electron chi connectivity index (χ4n) is 2.68. The monoisotopic (exact) mass is 260 g/mol. The maximum Gasteiger partial charge on any atom is 0.203 e. The molecule has 1 unspecified atom stereocenters. The number of furan rings is 1. The Morgan fingerprint density at radius 3 is 2.89 bits per heavy atom. The van der Waals surface area contributed by atoms with E-state index in [0.717, 1.165) is 24.8 Å². The molecule has 1 aromatic carbocycles. The summed E-state index contributed by atoms with van der Waals surface area (Å²) in [6.07, 6.45) is 4.45. The van der Waals surface area contributed by atoms with Crippen LogP contribution in [-0.2, 0) is 6.42 Å². The second-order valence-electron chi connectivity index (χ2n) is 4.62. The summed E-state index contributed by atoms with van der Waals surface area (Å²) < 4.78 is 5.01. The molecule has 0 amide bonds. The van der Waals surface area contributed by atoms with Crippen LogP contribution in [0.1, 0.15) is 40.2 Å². The molecule has 1 aliphatic rings. The molecule has 3 rings (SSSR count). The highest BCUT2D eigenvalue weighted by Crippen LogP contribution is 2.35. The molecule has 2 nitrogen and oxygen atoms in total. The number of carbonyl (C=O) groups excluding carboxylic acids is 1. The lowest BCUT2D eigenvalue weighted by Gasteiger charge is -2.24. The van der Waals surface area contributed by atoms with E-state index in [2.05, 4.69) is 6.07 Å². The summed E-state index contributed by atoms with van der Waals surface area (Å²) in [5.74, 6) is -0.00838. The van der Waals surface area contributed by atoms with Crippen molar-refractivity contribution in [3.8, 4) is 0 Å². The minimum atomic E-state index is -0.0787. The standard InChI is InChI=1S/C15H13ClO2/c16-15-13(8-9-18-15)14(17)12-7-3-5-10-4-1-2-6-11(10)12/h1-2,4,6,8-9,12H,3,5,7H2. The normalized spacial score (nSPS) is 18.4. The molecule has 1 atom stereocenters. The summed E-state index contributed by atoms with van der Waals surface area (Å²) in [6, 6.07) is 9.82. The number of carbonyl (C=O) groups is 1. The maximum absolute atomic E-state index is 12.5. The number of rotatable bonds is 2. The van der Waals surface area contributed by atoms with Gasteiger partial charge in [-0.25, -0.2) is 0 Å². The van der Waals surface area contributed by atoms with Gasteiger partial charge in [0.2, 0.25) is 5.22 Å². The summed E-state index contributed by atoms with van der Waals surface area (Å²) >= 11 is 5.89. The van der Waals surface area contributed by atoms with Crippen LogP contribution in [0.3, 0.4) is 0 Å². The molecule has 1 aliphatic carbocycles. The number of aryl methyl sites for hydroxylation is 1. The second-order valence-corrected chi connectivity index (χ2v) is 4.96. The molecule has 18 heavy (non-hydrogen) atoms. The van der Waals surface area contributed by atoms with Crippen LogP contribution < -0.4 is 0 Å². The quantitative estimate of drug-likeness (QED) is 0.756. The summed E-state index contributed by atoms with van der Waals surface area (Å²) in [5, 5.41) is 0.197. The summed E-state index contributed by atoms with van der Waals surface area (Å²) in [6.45, 7) is 0. The summed E-state index contributed by atoms with van der Waals surface area (Å²) in [7, 11) is 0. The largest absolute Gasteiger partial charge is 0.452 e. The number of hydrogen-bond acceptors (Lipinski definition) is 2. The molecule has 3 heteroatoms. The van der Waals surface area contributed by atoms with Gasteiger partial charge in [-0.1, -0.05) is 24.3 Å². The van der Waals surface area contributed by atoms with E-state index in [1.54, 1.807) is 6.07 Å². The van der Waals surface area contributed by atoms with Crippen LogP contribution in [0.25, 0.3) is 0 Å². The Balaban J connectivity index is 2.00. The fraction of sp³-hybridized carbons (Fsp3) is 0.267. The number of Topliss-reactive ketones (excluding diaryl/α,β-unsaturated/α-hetero) is 1. The van der Waals surface area contributed by atoms with Crippen molar-refractivity contribution in [3.63, 3.8) is 0 Å². The van der Waals surface area contributed by atoms with Gasteiger partial charge in [-0.2, -0.15) is 0 Å². The zero-order valence-electron chi connectivity index (χ0n) is 9.86.